The van der Waals surface area contributed by atoms with Gasteiger partial charge in [0, 0.05) is 11.9 Å². The van der Waals surface area contributed by atoms with Gasteiger partial charge >= 0.3 is 5.63 Å². The molecule has 0 saturated heterocycles. The summed E-state index contributed by atoms with van der Waals surface area (Å²) in [7, 11) is 0. The van der Waals surface area contributed by atoms with Gasteiger partial charge in [0.15, 0.2) is 11.6 Å². The summed E-state index contributed by atoms with van der Waals surface area (Å²) < 4.78 is 31.1. The molecule has 1 heterocycles. The van der Waals surface area contributed by atoms with Gasteiger partial charge in [-0.1, -0.05) is 24.3 Å². The van der Waals surface area contributed by atoms with E-state index in [1.54, 1.807) is 24.3 Å². The first kappa shape index (κ1) is 15.9. The van der Waals surface area contributed by atoms with Crippen LogP contribution in [0.1, 0.15) is 15.9 Å². The molecule has 0 radical (unpaired) electrons. The highest BCUT2D eigenvalue weighted by Crippen LogP contribution is 2.12. The van der Waals surface area contributed by atoms with Crippen LogP contribution in [0.25, 0.3) is 11.0 Å². The van der Waals surface area contributed by atoms with Crippen molar-refractivity contribution in [1.82, 2.24) is 5.32 Å². The number of para-hydroxylation sites is 1. The van der Waals surface area contributed by atoms with Crippen LogP contribution in [0.15, 0.2) is 57.7 Å². The molecule has 122 valence electrons. The van der Waals surface area contributed by atoms with E-state index in [9.17, 15) is 18.4 Å². The largest absolute Gasteiger partial charge is 0.422 e. The Labute approximate surface area is 135 Å². The molecule has 1 aromatic heterocycles. The van der Waals surface area contributed by atoms with Crippen molar-refractivity contribution in [3.63, 3.8) is 0 Å². The molecule has 24 heavy (non-hydrogen) atoms. The molecule has 6 heteroatoms. The fourth-order valence-corrected chi connectivity index (χ4v) is 2.33. The fraction of sp³-hybridized carbons (Fsp3) is 0.111. The minimum Gasteiger partial charge on any atom is -0.422 e. The molecular formula is C18H13F2NO3. The highest BCUT2D eigenvalue weighted by Gasteiger charge is 2.13. The molecule has 0 aliphatic heterocycles. The van der Waals surface area contributed by atoms with Crippen LogP contribution in [-0.2, 0) is 6.42 Å². The average Bonchev–Trinajstić information content (AvgIpc) is 2.57. The molecule has 0 unspecified atom stereocenters. The number of carbonyl (C=O) groups is 1. The number of hydrogen-bond acceptors (Lipinski definition) is 3. The first-order chi connectivity index (χ1) is 11.5. The smallest absolute Gasteiger partial charge is 0.349 e. The summed E-state index contributed by atoms with van der Waals surface area (Å²) in [6.07, 6.45) is 0.307. The van der Waals surface area contributed by atoms with Gasteiger partial charge in [0.2, 0.25) is 0 Å². The molecule has 0 fully saturated rings. The van der Waals surface area contributed by atoms with Crippen LogP contribution in [0.4, 0.5) is 8.78 Å². The van der Waals surface area contributed by atoms with Crippen LogP contribution in [0.3, 0.4) is 0 Å². The maximum atomic E-state index is 13.1. The van der Waals surface area contributed by atoms with E-state index < -0.39 is 23.2 Å². The normalized spacial score (nSPS) is 10.8. The molecule has 0 saturated carbocycles. The van der Waals surface area contributed by atoms with Crippen molar-refractivity contribution in [2.24, 2.45) is 0 Å². The van der Waals surface area contributed by atoms with E-state index in [1.807, 2.05) is 0 Å². The van der Waals surface area contributed by atoms with E-state index in [2.05, 4.69) is 5.32 Å². The lowest BCUT2D eigenvalue weighted by Gasteiger charge is -2.06. The van der Waals surface area contributed by atoms with Gasteiger partial charge in [0.1, 0.15) is 11.1 Å². The van der Waals surface area contributed by atoms with Crippen LogP contribution in [-0.4, -0.2) is 12.5 Å². The van der Waals surface area contributed by atoms with E-state index in [0.29, 0.717) is 23.0 Å². The Hall–Kier alpha value is -3.02. The monoisotopic (exact) mass is 329 g/mol. The van der Waals surface area contributed by atoms with Gasteiger partial charge in [-0.05, 0) is 36.2 Å². The van der Waals surface area contributed by atoms with Gasteiger partial charge in [-0.25, -0.2) is 13.6 Å². The zero-order valence-corrected chi connectivity index (χ0v) is 12.5. The molecule has 3 aromatic rings. The molecule has 1 amide bonds. The van der Waals surface area contributed by atoms with Crippen LogP contribution in [0, 0.1) is 11.6 Å². The fourth-order valence-electron chi connectivity index (χ4n) is 2.33. The molecule has 0 aliphatic carbocycles. The second-order valence-electron chi connectivity index (χ2n) is 5.24. The van der Waals surface area contributed by atoms with Crippen molar-refractivity contribution in [2.75, 3.05) is 6.54 Å². The SMILES string of the molecule is O=C(NCCc1ccc(F)c(F)c1)c1cc2ccccc2oc1=O. The Morgan fingerprint density at radius 1 is 1.04 bits per heavy atom. The number of carbonyl (C=O) groups excluding carboxylic acids is 1. The molecule has 4 nitrogen and oxygen atoms in total. The Bertz CT molecular complexity index is 966. The third-order valence-corrected chi connectivity index (χ3v) is 3.57. The standard InChI is InChI=1S/C18H13F2NO3/c19-14-6-5-11(9-15(14)20)7-8-21-17(22)13-10-12-3-1-2-4-16(12)24-18(13)23/h1-6,9-10H,7-8H2,(H,21,22). The lowest BCUT2D eigenvalue weighted by Crippen LogP contribution is -2.29. The van der Waals surface area contributed by atoms with Gasteiger partial charge in [0.25, 0.3) is 5.91 Å². The first-order valence-electron chi connectivity index (χ1n) is 7.29. The summed E-state index contributed by atoms with van der Waals surface area (Å²) in [5.41, 5.74) is 0.124. The predicted molar refractivity (Wildman–Crippen MR) is 84.9 cm³/mol. The van der Waals surface area contributed by atoms with Gasteiger partial charge < -0.3 is 9.73 Å². The van der Waals surface area contributed by atoms with E-state index >= 15 is 0 Å². The maximum Gasteiger partial charge on any atom is 0.349 e. The average molecular weight is 329 g/mol. The Kier molecular flexibility index (Phi) is 4.37. The minimum atomic E-state index is -0.936. The summed E-state index contributed by atoms with van der Waals surface area (Å²) in [5.74, 6) is -2.43. The van der Waals surface area contributed by atoms with E-state index in [4.69, 9.17) is 4.42 Å². The summed E-state index contributed by atoms with van der Waals surface area (Å²) in [6.45, 7) is 0.177. The number of nitrogens with one attached hydrogen (secondary N) is 1. The Morgan fingerprint density at radius 2 is 1.83 bits per heavy atom. The van der Waals surface area contributed by atoms with Crippen LogP contribution >= 0.6 is 0 Å². The van der Waals surface area contributed by atoms with Crippen molar-refractivity contribution in [2.45, 2.75) is 6.42 Å². The summed E-state index contributed by atoms with van der Waals surface area (Å²) in [5, 5.41) is 3.21. The zero-order valence-electron chi connectivity index (χ0n) is 12.5. The summed E-state index contributed by atoms with van der Waals surface area (Å²) in [6, 6.07) is 11.9. The van der Waals surface area contributed by atoms with Crippen molar-refractivity contribution in [3.8, 4) is 0 Å². The number of hydrogen-bond donors (Lipinski definition) is 1. The van der Waals surface area contributed by atoms with E-state index in [-0.39, 0.29) is 12.1 Å². The Morgan fingerprint density at radius 3 is 2.62 bits per heavy atom. The molecule has 0 bridgehead atoms. The van der Waals surface area contributed by atoms with Crippen molar-refractivity contribution in [1.29, 1.82) is 0 Å². The maximum absolute atomic E-state index is 13.1. The number of halogens is 2. The van der Waals surface area contributed by atoms with Gasteiger partial charge in [0.05, 0.1) is 0 Å². The highest BCUT2D eigenvalue weighted by atomic mass is 19.2. The molecule has 3 rings (SSSR count). The lowest BCUT2D eigenvalue weighted by molar-refractivity contribution is 0.0950. The van der Waals surface area contributed by atoms with Gasteiger partial charge in [-0.15, -0.1) is 0 Å². The van der Waals surface area contributed by atoms with Crippen LogP contribution in [0.5, 0.6) is 0 Å². The van der Waals surface area contributed by atoms with Crippen molar-refractivity contribution in [3.05, 3.63) is 81.7 Å². The number of rotatable bonds is 4. The van der Waals surface area contributed by atoms with E-state index in [1.165, 1.54) is 12.1 Å². The molecular weight excluding hydrogens is 316 g/mol. The van der Waals surface area contributed by atoms with Crippen molar-refractivity contribution < 1.29 is 18.0 Å². The minimum absolute atomic E-state index is 0.0982. The zero-order chi connectivity index (χ0) is 17.1. The number of amides is 1. The van der Waals surface area contributed by atoms with E-state index in [0.717, 1.165) is 12.1 Å². The highest BCUT2D eigenvalue weighted by molar-refractivity contribution is 5.96. The lowest BCUT2D eigenvalue weighted by atomic mass is 10.1. The summed E-state index contributed by atoms with van der Waals surface area (Å²) in [4.78, 5) is 24.0. The number of fused-ring (bicyclic) bond motifs is 1. The van der Waals surface area contributed by atoms with Crippen LogP contribution in [0.2, 0.25) is 0 Å². The molecule has 0 atom stereocenters. The van der Waals surface area contributed by atoms with Crippen molar-refractivity contribution >= 4 is 16.9 Å². The first-order valence-corrected chi connectivity index (χ1v) is 7.29. The molecule has 0 spiro atoms. The predicted octanol–water partition coefficient (Wildman–Crippen LogP) is 3.04. The number of benzene rings is 2. The summed E-state index contributed by atoms with van der Waals surface area (Å²) >= 11 is 0. The topological polar surface area (TPSA) is 59.3 Å². The second kappa shape index (κ2) is 6.62. The van der Waals surface area contributed by atoms with Gasteiger partial charge in [-0.3, -0.25) is 4.79 Å². The molecule has 0 aliphatic rings. The molecule has 1 N–H and O–H groups in total. The van der Waals surface area contributed by atoms with Crippen LogP contribution < -0.4 is 10.9 Å². The third-order valence-electron chi connectivity index (χ3n) is 3.57. The quantitative estimate of drug-likeness (QED) is 0.749. The van der Waals surface area contributed by atoms with Gasteiger partial charge in [-0.2, -0.15) is 0 Å². The Balaban J connectivity index is 1.70. The third kappa shape index (κ3) is 3.32. The second-order valence-corrected chi connectivity index (χ2v) is 5.24. The molecule has 2 aromatic carbocycles.